The van der Waals surface area contributed by atoms with Gasteiger partial charge in [0.25, 0.3) is 6.47 Å². The van der Waals surface area contributed by atoms with E-state index in [-0.39, 0.29) is 12.5 Å². The topological polar surface area (TPSA) is 99.9 Å². The van der Waals surface area contributed by atoms with Gasteiger partial charge >= 0.3 is 6.03 Å². The van der Waals surface area contributed by atoms with Gasteiger partial charge < -0.3 is 25.1 Å². The Morgan fingerprint density at radius 3 is 2.26 bits per heavy atom. The van der Waals surface area contributed by atoms with Gasteiger partial charge in [-0.25, -0.2) is 4.79 Å². The van der Waals surface area contributed by atoms with E-state index in [4.69, 9.17) is 15.2 Å². The molecule has 228 valence electrons. The van der Waals surface area contributed by atoms with E-state index in [9.17, 15) is 4.79 Å². The Kier molecular flexibility index (Phi) is 14.3. The monoisotopic (exact) mass is 575 g/mol. The second-order valence-corrected chi connectivity index (χ2v) is 11.9. The molecule has 8 nitrogen and oxygen atoms in total. The summed E-state index contributed by atoms with van der Waals surface area (Å²) in [5, 5.41) is 18.6. The number of nitrogens with one attached hydrogen (secondary N) is 1. The highest BCUT2D eigenvalue weighted by atomic mass is 16.3. The smallest absolute Gasteiger partial charge is 0.317 e. The van der Waals surface area contributed by atoms with Gasteiger partial charge in [0.1, 0.15) is 0 Å². The van der Waals surface area contributed by atoms with Crippen LogP contribution in [-0.4, -0.2) is 85.2 Å². The summed E-state index contributed by atoms with van der Waals surface area (Å²) >= 11 is 0. The SMILES string of the molecule is CN1CCC(N(C)C(=O)NCc2ccc(C#N)cc2)CC1.O=CO.c1ccc(C2CCN(CC3CCCCC3)C2)cc1. The van der Waals surface area contributed by atoms with Gasteiger partial charge in [0, 0.05) is 32.7 Å². The Morgan fingerprint density at radius 2 is 1.64 bits per heavy atom. The first-order chi connectivity index (χ1) is 20.4. The van der Waals surface area contributed by atoms with Crippen LogP contribution in [0, 0.1) is 17.2 Å². The number of hydrogen-bond donors (Lipinski definition) is 2. The van der Waals surface area contributed by atoms with Gasteiger partial charge in [-0.05, 0) is 93.9 Å². The number of likely N-dealkylation sites (tertiary alicyclic amines) is 2. The summed E-state index contributed by atoms with van der Waals surface area (Å²) in [4.78, 5) is 27.4. The average molecular weight is 576 g/mol. The number of carbonyl (C=O) groups is 2. The first kappa shape index (κ1) is 33.1. The van der Waals surface area contributed by atoms with Crippen LogP contribution in [0.4, 0.5) is 4.79 Å². The molecule has 1 unspecified atom stereocenters. The van der Waals surface area contributed by atoms with Crippen LogP contribution in [0.15, 0.2) is 54.6 Å². The lowest BCUT2D eigenvalue weighted by Gasteiger charge is -2.35. The molecule has 0 aromatic heterocycles. The highest BCUT2D eigenvalue weighted by Gasteiger charge is 2.26. The predicted molar refractivity (Wildman–Crippen MR) is 167 cm³/mol. The summed E-state index contributed by atoms with van der Waals surface area (Å²) in [5.74, 6) is 1.78. The molecular formula is C34H49N5O3. The van der Waals surface area contributed by atoms with Crippen molar-refractivity contribution >= 4 is 12.5 Å². The first-order valence-corrected chi connectivity index (χ1v) is 15.5. The molecule has 2 saturated heterocycles. The van der Waals surface area contributed by atoms with Gasteiger partial charge in [-0.1, -0.05) is 61.7 Å². The summed E-state index contributed by atoms with van der Waals surface area (Å²) in [7, 11) is 3.98. The van der Waals surface area contributed by atoms with Crippen LogP contribution in [0.25, 0.3) is 0 Å². The summed E-state index contributed by atoms with van der Waals surface area (Å²) in [5.41, 5.74) is 3.18. The number of piperidine rings is 1. The maximum absolute atomic E-state index is 12.2. The molecule has 2 heterocycles. The third-order valence-corrected chi connectivity index (χ3v) is 8.87. The van der Waals surface area contributed by atoms with Crippen molar-refractivity contribution in [2.24, 2.45) is 5.92 Å². The predicted octanol–water partition coefficient (Wildman–Crippen LogP) is 5.55. The number of amides is 2. The minimum atomic E-state index is -0.250. The van der Waals surface area contributed by atoms with Crippen molar-refractivity contribution in [1.82, 2.24) is 20.0 Å². The number of nitrogens with zero attached hydrogens (tertiary/aromatic N) is 4. The number of benzene rings is 2. The van der Waals surface area contributed by atoms with Crippen molar-refractivity contribution in [3.8, 4) is 6.07 Å². The lowest BCUT2D eigenvalue weighted by Crippen LogP contribution is -2.47. The summed E-state index contributed by atoms with van der Waals surface area (Å²) in [6.45, 7) is 6.29. The highest BCUT2D eigenvalue weighted by Crippen LogP contribution is 2.30. The molecule has 2 amide bonds. The van der Waals surface area contributed by atoms with E-state index in [1.807, 2.05) is 24.1 Å². The molecule has 2 aromatic rings. The van der Waals surface area contributed by atoms with E-state index in [1.54, 1.807) is 17.7 Å². The molecule has 0 bridgehead atoms. The molecular weight excluding hydrogens is 526 g/mol. The molecule has 1 aliphatic carbocycles. The summed E-state index contributed by atoms with van der Waals surface area (Å²) in [6, 6.07) is 20.7. The van der Waals surface area contributed by atoms with Crippen LogP contribution < -0.4 is 5.32 Å². The molecule has 2 aromatic carbocycles. The van der Waals surface area contributed by atoms with E-state index in [1.165, 1.54) is 58.2 Å². The van der Waals surface area contributed by atoms with E-state index < -0.39 is 0 Å². The van der Waals surface area contributed by atoms with Crippen molar-refractivity contribution in [2.45, 2.75) is 69.9 Å². The molecule has 5 rings (SSSR count). The van der Waals surface area contributed by atoms with Crippen molar-refractivity contribution < 1.29 is 14.7 Å². The molecule has 2 N–H and O–H groups in total. The third kappa shape index (κ3) is 11.1. The highest BCUT2D eigenvalue weighted by molar-refractivity contribution is 5.74. The lowest BCUT2D eigenvalue weighted by atomic mass is 9.89. The van der Waals surface area contributed by atoms with Gasteiger partial charge in [-0.3, -0.25) is 4.79 Å². The maximum atomic E-state index is 12.2. The van der Waals surface area contributed by atoms with E-state index in [0.717, 1.165) is 43.3 Å². The van der Waals surface area contributed by atoms with Crippen LogP contribution >= 0.6 is 0 Å². The van der Waals surface area contributed by atoms with Crippen molar-refractivity contribution in [2.75, 3.05) is 46.8 Å². The normalized spacial score (nSPS) is 19.8. The Morgan fingerprint density at radius 1 is 1.00 bits per heavy atom. The summed E-state index contributed by atoms with van der Waals surface area (Å²) < 4.78 is 0. The Balaban J connectivity index is 0.000000213. The second-order valence-electron chi connectivity index (χ2n) is 11.9. The van der Waals surface area contributed by atoms with Crippen molar-refractivity contribution in [3.05, 3.63) is 71.3 Å². The number of urea groups is 1. The third-order valence-electron chi connectivity index (χ3n) is 8.87. The molecule has 2 aliphatic heterocycles. The van der Waals surface area contributed by atoms with Crippen LogP contribution in [-0.2, 0) is 11.3 Å². The van der Waals surface area contributed by atoms with Crippen LogP contribution in [0.2, 0.25) is 0 Å². The molecule has 3 fully saturated rings. The zero-order valence-electron chi connectivity index (χ0n) is 25.5. The van der Waals surface area contributed by atoms with Gasteiger partial charge in [-0.15, -0.1) is 0 Å². The number of rotatable bonds is 6. The van der Waals surface area contributed by atoms with Crippen LogP contribution in [0.1, 0.15) is 74.0 Å². The van der Waals surface area contributed by atoms with Crippen LogP contribution in [0.3, 0.4) is 0 Å². The second kappa shape index (κ2) is 18.2. The van der Waals surface area contributed by atoms with Gasteiger partial charge in [0.15, 0.2) is 0 Å². The van der Waals surface area contributed by atoms with Gasteiger partial charge in [-0.2, -0.15) is 5.26 Å². The van der Waals surface area contributed by atoms with E-state index in [0.29, 0.717) is 18.2 Å². The van der Waals surface area contributed by atoms with Crippen molar-refractivity contribution in [1.29, 1.82) is 5.26 Å². The molecule has 3 aliphatic rings. The molecule has 42 heavy (non-hydrogen) atoms. The minimum absolute atomic E-state index is 0.0334. The lowest BCUT2D eigenvalue weighted by molar-refractivity contribution is -0.122. The number of nitriles is 1. The number of carboxylic acid groups (broad SMARTS) is 1. The number of carbonyl (C=O) groups excluding carboxylic acids is 1. The molecule has 0 spiro atoms. The van der Waals surface area contributed by atoms with Gasteiger partial charge in [0.05, 0.1) is 11.6 Å². The fourth-order valence-electron chi connectivity index (χ4n) is 6.28. The fourth-order valence-corrected chi connectivity index (χ4v) is 6.28. The van der Waals surface area contributed by atoms with E-state index in [2.05, 4.69) is 58.6 Å². The largest absolute Gasteiger partial charge is 0.483 e. The Labute approximate surface area is 252 Å². The minimum Gasteiger partial charge on any atom is -0.483 e. The average Bonchev–Trinajstić information content (AvgIpc) is 3.50. The Bertz CT molecular complexity index is 1090. The number of hydrogen-bond acceptors (Lipinski definition) is 5. The summed E-state index contributed by atoms with van der Waals surface area (Å²) in [6.07, 6.45) is 10.8. The maximum Gasteiger partial charge on any atom is 0.317 e. The zero-order chi connectivity index (χ0) is 30.2. The van der Waals surface area contributed by atoms with Crippen LogP contribution in [0.5, 0.6) is 0 Å². The quantitative estimate of drug-likeness (QED) is 0.438. The molecule has 1 atom stereocenters. The fraction of sp³-hybridized carbons (Fsp3) is 0.559. The standard InChI is InChI=1S/C17H25N.C16H22N4O.CH2O2/c1-3-7-15(8-4-1)13-18-12-11-17(14-18)16-9-5-2-6-10-16;1-19-9-7-15(8-10-19)20(2)16(21)18-12-14-5-3-13(11-17)4-6-14;2-1-3/h2,5-6,9-10,15,17H,1,3-4,7-8,11-14H2;3-6,15H,7-10,12H2,1-2H3,(H,18,21);1H,(H,2,3). The molecule has 8 heteroatoms. The van der Waals surface area contributed by atoms with E-state index >= 15 is 0 Å². The Hall–Kier alpha value is -3.41. The first-order valence-electron chi connectivity index (χ1n) is 15.5. The van der Waals surface area contributed by atoms with Gasteiger partial charge in [0.2, 0.25) is 0 Å². The zero-order valence-corrected chi connectivity index (χ0v) is 25.5. The molecule has 1 saturated carbocycles. The molecule has 0 radical (unpaired) electrons. The van der Waals surface area contributed by atoms with Crippen molar-refractivity contribution in [3.63, 3.8) is 0 Å².